The fourth-order valence-electron chi connectivity index (χ4n) is 4.23. The minimum atomic E-state index is -0.315. The van der Waals surface area contributed by atoms with Gasteiger partial charge in [0.2, 0.25) is 0 Å². The van der Waals surface area contributed by atoms with Crippen LogP contribution in [0.3, 0.4) is 0 Å². The Morgan fingerprint density at radius 1 is 1.29 bits per heavy atom. The Labute approximate surface area is 209 Å². The SMILES string of the molecule is CC(C)COC(=O)N1CCc2c([nH]c3ccc(Cl)cc23)C1c1ccc(OCCN=CN=CN)cc1. The smallest absolute Gasteiger partial charge is 0.410 e. The summed E-state index contributed by atoms with van der Waals surface area (Å²) in [7, 11) is 0. The number of benzene rings is 2. The van der Waals surface area contributed by atoms with Crippen molar-refractivity contribution in [3.8, 4) is 5.75 Å². The van der Waals surface area contributed by atoms with E-state index in [1.54, 1.807) is 4.90 Å². The molecule has 0 spiro atoms. The van der Waals surface area contributed by atoms with Gasteiger partial charge in [-0.15, -0.1) is 0 Å². The topological polar surface area (TPSA) is 105 Å². The number of hydrogen-bond donors (Lipinski definition) is 2. The van der Waals surface area contributed by atoms with Crippen LogP contribution < -0.4 is 10.5 Å². The van der Waals surface area contributed by atoms with Crippen LogP contribution in [0.5, 0.6) is 5.75 Å². The van der Waals surface area contributed by atoms with Crippen molar-refractivity contribution in [2.24, 2.45) is 21.6 Å². The molecule has 1 aliphatic heterocycles. The van der Waals surface area contributed by atoms with Crippen molar-refractivity contribution in [2.45, 2.75) is 26.3 Å². The lowest BCUT2D eigenvalue weighted by Gasteiger charge is -2.35. The van der Waals surface area contributed by atoms with Gasteiger partial charge in [0.05, 0.1) is 19.5 Å². The number of carbonyl (C=O) groups excluding carboxylic acids is 1. The number of H-pyrrole nitrogens is 1. The Balaban J connectivity index is 1.61. The number of aliphatic imine (C=N–C) groups is 2. The first-order chi connectivity index (χ1) is 17.0. The van der Waals surface area contributed by atoms with Crippen molar-refractivity contribution >= 4 is 41.3 Å². The molecule has 1 amide bonds. The molecule has 1 aromatic heterocycles. The van der Waals surface area contributed by atoms with Gasteiger partial charge in [-0.05, 0) is 53.8 Å². The quantitative estimate of drug-likeness (QED) is 0.262. The molecule has 2 heterocycles. The van der Waals surface area contributed by atoms with Crippen LogP contribution in [0.15, 0.2) is 52.4 Å². The average molecular weight is 496 g/mol. The molecular weight excluding hydrogens is 466 g/mol. The molecule has 3 N–H and O–H groups in total. The zero-order chi connectivity index (χ0) is 24.8. The lowest BCUT2D eigenvalue weighted by molar-refractivity contribution is 0.0797. The molecule has 8 nitrogen and oxygen atoms in total. The van der Waals surface area contributed by atoms with Crippen molar-refractivity contribution < 1.29 is 14.3 Å². The number of nitrogens with two attached hydrogens (primary N) is 1. The number of hydrogen-bond acceptors (Lipinski definition) is 4. The first kappa shape index (κ1) is 24.6. The summed E-state index contributed by atoms with van der Waals surface area (Å²) in [5.74, 6) is 0.982. The molecule has 3 aromatic rings. The van der Waals surface area contributed by atoms with Crippen molar-refractivity contribution in [1.29, 1.82) is 0 Å². The lowest BCUT2D eigenvalue weighted by atomic mass is 9.92. The van der Waals surface area contributed by atoms with Gasteiger partial charge in [-0.25, -0.2) is 9.79 Å². The summed E-state index contributed by atoms with van der Waals surface area (Å²) in [6.45, 7) is 5.86. The second-order valence-electron chi connectivity index (χ2n) is 8.76. The first-order valence-corrected chi connectivity index (χ1v) is 12.0. The van der Waals surface area contributed by atoms with Gasteiger partial charge in [0.15, 0.2) is 0 Å². The number of nitrogens with one attached hydrogen (secondary N) is 1. The zero-order valence-electron chi connectivity index (χ0n) is 19.9. The third-order valence-electron chi connectivity index (χ3n) is 5.78. The van der Waals surface area contributed by atoms with E-state index in [2.05, 4.69) is 15.0 Å². The molecule has 0 saturated heterocycles. The predicted molar refractivity (Wildman–Crippen MR) is 140 cm³/mol. The van der Waals surface area contributed by atoms with Crippen molar-refractivity contribution in [3.63, 3.8) is 0 Å². The monoisotopic (exact) mass is 495 g/mol. The van der Waals surface area contributed by atoms with Crippen LogP contribution in [0.2, 0.25) is 5.02 Å². The van der Waals surface area contributed by atoms with Crippen LogP contribution in [0.4, 0.5) is 4.79 Å². The van der Waals surface area contributed by atoms with Crippen LogP contribution in [0.25, 0.3) is 10.9 Å². The molecule has 0 aliphatic carbocycles. The second kappa shape index (κ2) is 11.3. The molecule has 1 unspecified atom stereocenters. The third kappa shape index (κ3) is 5.77. The largest absolute Gasteiger partial charge is 0.492 e. The molecule has 1 aliphatic rings. The molecule has 0 fully saturated rings. The Morgan fingerprint density at radius 2 is 2.09 bits per heavy atom. The van der Waals surface area contributed by atoms with Crippen molar-refractivity contribution in [3.05, 3.63) is 64.3 Å². The Kier molecular flexibility index (Phi) is 7.92. The Morgan fingerprint density at radius 3 is 2.83 bits per heavy atom. The maximum atomic E-state index is 13.1. The standard InChI is InChI=1S/C26H30ClN5O3/c1-17(2)14-35-26(33)32-11-9-21-22-13-19(27)5-8-23(22)31-24(21)25(32)18-3-6-20(7-4-18)34-12-10-29-16-30-15-28/h3-8,13,15-17,25,31H,9-12,14H2,1-2H3,(H2,28,29,30). The van der Waals surface area contributed by atoms with E-state index in [1.807, 2.05) is 56.3 Å². The summed E-state index contributed by atoms with van der Waals surface area (Å²) in [5.41, 5.74) is 9.30. The second-order valence-corrected chi connectivity index (χ2v) is 9.20. The maximum absolute atomic E-state index is 13.1. The summed E-state index contributed by atoms with van der Waals surface area (Å²) in [6, 6.07) is 13.3. The number of halogens is 1. The molecule has 35 heavy (non-hydrogen) atoms. The van der Waals surface area contributed by atoms with Gasteiger partial charge in [0.25, 0.3) is 0 Å². The van der Waals surface area contributed by atoms with E-state index in [1.165, 1.54) is 18.2 Å². The summed E-state index contributed by atoms with van der Waals surface area (Å²) < 4.78 is 11.4. The van der Waals surface area contributed by atoms with Gasteiger partial charge >= 0.3 is 6.09 Å². The molecule has 4 rings (SSSR count). The molecule has 1 atom stereocenters. The summed E-state index contributed by atoms with van der Waals surface area (Å²) in [4.78, 5) is 26.2. The van der Waals surface area contributed by atoms with Crippen LogP contribution in [0.1, 0.15) is 36.7 Å². The number of rotatable bonds is 8. The molecule has 184 valence electrons. The van der Waals surface area contributed by atoms with Crippen LogP contribution in [-0.4, -0.2) is 55.0 Å². The van der Waals surface area contributed by atoms with E-state index in [9.17, 15) is 4.79 Å². The van der Waals surface area contributed by atoms with Crippen LogP contribution in [0, 0.1) is 5.92 Å². The minimum absolute atomic E-state index is 0.260. The van der Waals surface area contributed by atoms with E-state index < -0.39 is 0 Å². The number of carbonyl (C=O) groups is 1. The highest BCUT2D eigenvalue weighted by Gasteiger charge is 2.35. The highest BCUT2D eigenvalue weighted by Crippen LogP contribution is 2.39. The molecule has 0 radical (unpaired) electrons. The first-order valence-electron chi connectivity index (χ1n) is 11.7. The molecular formula is C26H30ClN5O3. The predicted octanol–water partition coefficient (Wildman–Crippen LogP) is 4.96. The lowest BCUT2D eigenvalue weighted by Crippen LogP contribution is -2.41. The van der Waals surface area contributed by atoms with Gasteiger partial charge in [-0.1, -0.05) is 37.6 Å². The molecule has 2 aromatic carbocycles. The third-order valence-corrected chi connectivity index (χ3v) is 6.02. The average Bonchev–Trinajstić information content (AvgIpc) is 3.22. The normalized spacial score (nSPS) is 15.9. The Bertz CT molecular complexity index is 1220. The fourth-order valence-corrected chi connectivity index (χ4v) is 4.40. The van der Waals surface area contributed by atoms with Crippen LogP contribution >= 0.6 is 11.6 Å². The molecule has 0 saturated carbocycles. The highest BCUT2D eigenvalue weighted by molar-refractivity contribution is 6.31. The minimum Gasteiger partial charge on any atom is -0.492 e. The van der Waals surface area contributed by atoms with Gasteiger partial charge in [0, 0.05) is 28.2 Å². The summed E-state index contributed by atoms with van der Waals surface area (Å²) in [5, 5.41) is 1.78. The number of ether oxygens (including phenoxy) is 2. The number of amides is 1. The summed E-state index contributed by atoms with van der Waals surface area (Å²) in [6.07, 6.45) is 2.99. The number of nitrogens with zero attached hydrogens (tertiary/aromatic N) is 3. The van der Waals surface area contributed by atoms with Crippen molar-refractivity contribution in [1.82, 2.24) is 9.88 Å². The molecule has 9 heteroatoms. The maximum Gasteiger partial charge on any atom is 0.410 e. The van der Waals surface area contributed by atoms with Gasteiger partial charge < -0.3 is 20.2 Å². The van der Waals surface area contributed by atoms with Crippen LogP contribution in [-0.2, 0) is 11.2 Å². The number of fused-ring (bicyclic) bond motifs is 3. The Hall–Kier alpha value is -3.52. The highest BCUT2D eigenvalue weighted by atomic mass is 35.5. The van der Waals surface area contributed by atoms with Gasteiger partial charge in [-0.3, -0.25) is 9.89 Å². The van der Waals surface area contributed by atoms with E-state index in [4.69, 9.17) is 26.8 Å². The van der Waals surface area contributed by atoms with E-state index >= 15 is 0 Å². The summed E-state index contributed by atoms with van der Waals surface area (Å²) >= 11 is 6.28. The molecule has 0 bridgehead atoms. The van der Waals surface area contributed by atoms with Gasteiger partial charge in [0.1, 0.15) is 24.7 Å². The number of aromatic amines is 1. The number of aromatic nitrogens is 1. The van der Waals surface area contributed by atoms with E-state index in [0.717, 1.165) is 34.3 Å². The van der Waals surface area contributed by atoms with E-state index in [0.29, 0.717) is 31.3 Å². The van der Waals surface area contributed by atoms with Gasteiger partial charge in [-0.2, -0.15) is 0 Å². The zero-order valence-corrected chi connectivity index (χ0v) is 20.7. The van der Waals surface area contributed by atoms with Crippen molar-refractivity contribution in [2.75, 3.05) is 26.3 Å². The van der Waals surface area contributed by atoms with E-state index in [-0.39, 0.29) is 18.1 Å². The fraction of sp³-hybridized carbons (Fsp3) is 0.346.